The number of ether oxygens (including phenoxy) is 1. The van der Waals surface area contributed by atoms with Crippen LogP contribution >= 0.6 is 0 Å². The zero-order chi connectivity index (χ0) is 15.1. The fourth-order valence-corrected chi connectivity index (χ4v) is 3.29. The fraction of sp³-hybridized carbons (Fsp3) is 0.444. The molecule has 1 aliphatic carbocycles. The van der Waals surface area contributed by atoms with E-state index in [1.165, 1.54) is 24.1 Å². The van der Waals surface area contributed by atoms with Crippen molar-refractivity contribution in [2.75, 3.05) is 6.61 Å². The van der Waals surface area contributed by atoms with Gasteiger partial charge >= 0.3 is 0 Å². The Balaban J connectivity index is 1.63. The third-order valence-corrected chi connectivity index (χ3v) is 4.72. The van der Waals surface area contributed by atoms with Gasteiger partial charge in [-0.05, 0) is 49.7 Å². The van der Waals surface area contributed by atoms with Crippen molar-refractivity contribution in [3.05, 3.63) is 42.4 Å². The van der Waals surface area contributed by atoms with E-state index in [4.69, 9.17) is 4.74 Å². The van der Waals surface area contributed by atoms with Crippen molar-refractivity contribution in [1.29, 1.82) is 0 Å². The quantitative estimate of drug-likeness (QED) is 0.794. The summed E-state index contributed by atoms with van der Waals surface area (Å²) in [5, 5.41) is 4.50. The number of nitrogens with zero attached hydrogens (tertiary/aromatic N) is 3. The molecule has 0 saturated heterocycles. The minimum absolute atomic E-state index is 0.603. The Kier molecular flexibility index (Phi) is 3.25. The highest BCUT2D eigenvalue weighted by molar-refractivity contribution is 5.71. The molecule has 114 valence electrons. The van der Waals surface area contributed by atoms with Crippen LogP contribution < -0.4 is 4.74 Å². The zero-order valence-electron chi connectivity index (χ0n) is 13.0. The van der Waals surface area contributed by atoms with Gasteiger partial charge in [-0.3, -0.25) is 4.68 Å². The van der Waals surface area contributed by atoms with E-state index in [9.17, 15) is 0 Å². The van der Waals surface area contributed by atoms with E-state index in [0.717, 1.165) is 36.6 Å². The summed E-state index contributed by atoms with van der Waals surface area (Å²) in [6.07, 6.45) is 9.32. The largest absolute Gasteiger partial charge is 0.477 e. The number of aromatic nitrogens is 3. The monoisotopic (exact) mass is 295 g/mol. The minimum atomic E-state index is 0.603. The van der Waals surface area contributed by atoms with Gasteiger partial charge in [-0.1, -0.05) is 6.08 Å². The van der Waals surface area contributed by atoms with Crippen LogP contribution in [-0.4, -0.2) is 21.4 Å². The van der Waals surface area contributed by atoms with Gasteiger partial charge in [-0.2, -0.15) is 5.10 Å². The molecule has 0 bridgehead atoms. The van der Waals surface area contributed by atoms with E-state index in [2.05, 4.69) is 34.3 Å². The molecule has 1 saturated carbocycles. The molecule has 1 fully saturated rings. The molecule has 2 atom stereocenters. The molecular formula is C18H21N3O. The Morgan fingerprint density at radius 3 is 3.14 bits per heavy atom. The molecule has 0 radical (unpaired) electrons. The zero-order valence-corrected chi connectivity index (χ0v) is 13.0. The first-order valence-electron chi connectivity index (χ1n) is 8.03. The van der Waals surface area contributed by atoms with Crippen molar-refractivity contribution in [3.63, 3.8) is 0 Å². The number of hydrogen-bond donors (Lipinski definition) is 0. The average molecular weight is 295 g/mol. The van der Waals surface area contributed by atoms with E-state index < -0.39 is 0 Å². The summed E-state index contributed by atoms with van der Waals surface area (Å²) in [5.74, 6) is 1.96. The molecule has 0 amide bonds. The summed E-state index contributed by atoms with van der Waals surface area (Å²) in [4.78, 5) is 4.53. The standard InChI is InChI=1S/C18H21N3O/c1-3-13-8-14(13)11-22-18-15(7-12(2)9-19-18)16-10-20-21-6-4-5-17(16)21/h3,7,9-10,13-14H,1,4-6,8,11H2,2H3. The van der Waals surface area contributed by atoms with Gasteiger partial charge in [0.2, 0.25) is 5.88 Å². The SMILES string of the molecule is C=CC1CC1COc1ncc(C)cc1-c1cnn2c1CCC2. The molecule has 2 aromatic heterocycles. The lowest BCUT2D eigenvalue weighted by molar-refractivity contribution is 0.285. The highest BCUT2D eigenvalue weighted by atomic mass is 16.5. The van der Waals surface area contributed by atoms with E-state index in [1.54, 1.807) is 0 Å². The van der Waals surface area contributed by atoms with Crippen molar-refractivity contribution in [3.8, 4) is 17.0 Å². The number of aryl methyl sites for hydroxylation is 2. The number of rotatable bonds is 5. The molecule has 2 unspecified atom stereocenters. The third-order valence-electron chi connectivity index (χ3n) is 4.72. The summed E-state index contributed by atoms with van der Waals surface area (Å²) >= 11 is 0. The summed E-state index contributed by atoms with van der Waals surface area (Å²) < 4.78 is 8.14. The van der Waals surface area contributed by atoms with E-state index >= 15 is 0 Å². The Morgan fingerprint density at radius 1 is 1.41 bits per heavy atom. The van der Waals surface area contributed by atoms with E-state index in [1.807, 2.05) is 18.5 Å². The number of allylic oxidation sites excluding steroid dienone is 1. The Morgan fingerprint density at radius 2 is 2.32 bits per heavy atom. The van der Waals surface area contributed by atoms with Gasteiger partial charge in [0.25, 0.3) is 0 Å². The molecule has 2 aliphatic rings. The number of hydrogen-bond acceptors (Lipinski definition) is 3. The first-order valence-corrected chi connectivity index (χ1v) is 8.03. The first kappa shape index (κ1) is 13.6. The van der Waals surface area contributed by atoms with E-state index in [-0.39, 0.29) is 0 Å². The summed E-state index contributed by atoms with van der Waals surface area (Å²) in [6, 6.07) is 2.16. The maximum Gasteiger partial charge on any atom is 0.221 e. The topological polar surface area (TPSA) is 39.9 Å². The number of fused-ring (bicyclic) bond motifs is 1. The molecule has 0 spiro atoms. The van der Waals surface area contributed by atoms with Gasteiger partial charge in [-0.25, -0.2) is 4.98 Å². The average Bonchev–Trinajstić information content (AvgIpc) is 2.92. The van der Waals surface area contributed by atoms with Gasteiger partial charge in [0.05, 0.1) is 12.8 Å². The third kappa shape index (κ3) is 2.32. The molecular weight excluding hydrogens is 274 g/mol. The molecule has 0 N–H and O–H groups in total. The summed E-state index contributed by atoms with van der Waals surface area (Å²) in [7, 11) is 0. The van der Waals surface area contributed by atoms with Crippen molar-refractivity contribution in [2.45, 2.75) is 32.7 Å². The Hall–Kier alpha value is -2.10. The van der Waals surface area contributed by atoms with Crippen LogP contribution in [0.25, 0.3) is 11.1 Å². The second-order valence-electron chi connectivity index (χ2n) is 6.40. The highest BCUT2D eigenvalue weighted by Crippen LogP contribution is 2.40. The predicted octanol–water partition coefficient (Wildman–Crippen LogP) is 3.40. The van der Waals surface area contributed by atoms with Gasteiger partial charge < -0.3 is 4.74 Å². The Labute approximate surface area is 130 Å². The molecule has 4 rings (SSSR count). The van der Waals surface area contributed by atoms with Crippen LogP contribution in [-0.2, 0) is 13.0 Å². The molecule has 1 aliphatic heterocycles. The first-order chi connectivity index (χ1) is 10.8. The lowest BCUT2D eigenvalue weighted by Crippen LogP contribution is -2.04. The second-order valence-corrected chi connectivity index (χ2v) is 6.40. The van der Waals surface area contributed by atoms with Crippen molar-refractivity contribution < 1.29 is 4.74 Å². The van der Waals surface area contributed by atoms with Crippen LogP contribution in [0.2, 0.25) is 0 Å². The van der Waals surface area contributed by atoms with Gasteiger partial charge in [0.15, 0.2) is 0 Å². The van der Waals surface area contributed by atoms with Crippen LogP contribution in [0.3, 0.4) is 0 Å². The van der Waals surface area contributed by atoms with E-state index in [0.29, 0.717) is 11.8 Å². The normalized spacial score (nSPS) is 22.4. The number of pyridine rings is 1. The van der Waals surface area contributed by atoms with Gasteiger partial charge in [0, 0.05) is 29.6 Å². The van der Waals surface area contributed by atoms with Crippen LogP contribution in [0.5, 0.6) is 5.88 Å². The van der Waals surface area contributed by atoms with Crippen molar-refractivity contribution in [1.82, 2.24) is 14.8 Å². The Bertz CT molecular complexity index is 719. The highest BCUT2D eigenvalue weighted by Gasteiger charge is 2.35. The van der Waals surface area contributed by atoms with Crippen molar-refractivity contribution in [2.24, 2.45) is 11.8 Å². The minimum Gasteiger partial charge on any atom is -0.477 e. The van der Waals surface area contributed by atoms with Crippen LogP contribution in [0, 0.1) is 18.8 Å². The van der Waals surface area contributed by atoms with Crippen LogP contribution in [0.1, 0.15) is 24.1 Å². The molecule has 22 heavy (non-hydrogen) atoms. The molecule has 4 heteroatoms. The molecule has 4 nitrogen and oxygen atoms in total. The summed E-state index contributed by atoms with van der Waals surface area (Å²) in [5.41, 5.74) is 4.72. The lowest BCUT2D eigenvalue weighted by atomic mass is 10.0. The maximum atomic E-state index is 6.04. The molecule has 2 aromatic rings. The second kappa shape index (κ2) is 5.27. The van der Waals surface area contributed by atoms with Crippen LogP contribution in [0.4, 0.5) is 0 Å². The summed E-state index contributed by atoms with van der Waals surface area (Å²) in [6.45, 7) is 7.67. The van der Waals surface area contributed by atoms with Crippen LogP contribution in [0.15, 0.2) is 31.1 Å². The smallest absolute Gasteiger partial charge is 0.221 e. The maximum absolute atomic E-state index is 6.04. The molecule has 3 heterocycles. The molecule has 0 aromatic carbocycles. The predicted molar refractivity (Wildman–Crippen MR) is 85.8 cm³/mol. The fourth-order valence-electron chi connectivity index (χ4n) is 3.29. The van der Waals surface area contributed by atoms with Gasteiger partial charge in [0.1, 0.15) is 0 Å². The lowest BCUT2D eigenvalue weighted by Gasteiger charge is -2.11. The van der Waals surface area contributed by atoms with Crippen molar-refractivity contribution >= 4 is 0 Å². The van der Waals surface area contributed by atoms with Gasteiger partial charge in [-0.15, -0.1) is 6.58 Å².